The fraction of sp³-hybridized carbons (Fsp3) is 0.154. The summed E-state index contributed by atoms with van der Waals surface area (Å²) < 4.78 is 13.3. The number of hydrogen-bond donors (Lipinski definition) is 1. The van der Waals surface area contributed by atoms with Crippen molar-refractivity contribution < 1.29 is 9.18 Å². The molecule has 0 saturated carbocycles. The predicted octanol–water partition coefficient (Wildman–Crippen LogP) is 6.07. The largest absolute Gasteiger partial charge is 0.347 e. The van der Waals surface area contributed by atoms with E-state index in [0.717, 1.165) is 21.7 Å². The molecule has 7 heteroatoms. The summed E-state index contributed by atoms with van der Waals surface area (Å²) in [5.74, 6) is -0.446. The van der Waals surface area contributed by atoms with Crippen LogP contribution < -0.4 is 5.32 Å². The van der Waals surface area contributed by atoms with Crippen LogP contribution in [0.2, 0.25) is 5.02 Å². The van der Waals surface area contributed by atoms with Gasteiger partial charge in [0.25, 0.3) is 5.91 Å². The molecule has 1 aromatic heterocycles. The molecule has 0 unspecified atom stereocenters. The first-order valence-electron chi connectivity index (χ1n) is 10.5. The highest BCUT2D eigenvalue weighted by Gasteiger charge is 2.15. The van der Waals surface area contributed by atoms with Gasteiger partial charge in [0.05, 0.1) is 6.54 Å². The highest BCUT2D eigenvalue weighted by atomic mass is 35.5. The van der Waals surface area contributed by atoms with Crippen molar-refractivity contribution in [1.29, 1.82) is 0 Å². The van der Waals surface area contributed by atoms with Crippen molar-refractivity contribution in [2.45, 2.75) is 26.2 Å². The lowest BCUT2D eigenvalue weighted by Crippen LogP contribution is -2.24. The minimum Gasteiger partial charge on any atom is -0.347 e. The van der Waals surface area contributed by atoms with Crippen molar-refractivity contribution in [3.05, 3.63) is 122 Å². The number of nitrogens with one attached hydrogen (secondary N) is 1. The standard InChI is InChI=1S/C26H23ClFN3OS/c27-22-10-6-20(7-11-22)15-31(16-21-8-12-23(28)13-9-21)17-25-30-24(18-33-25)26(32)29-14-19-4-2-1-3-5-19/h1-13,18H,14-17H2,(H,29,32). The molecular formula is C26H23ClFN3OS. The number of hydrogen-bond acceptors (Lipinski definition) is 4. The summed E-state index contributed by atoms with van der Waals surface area (Å²) in [6.07, 6.45) is 0. The van der Waals surface area contributed by atoms with Crippen molar-refractivity contribution in [3.63, 3.8) is 0 Å². The van der Waals surface area contributed by atoms with Gasteiger partial charge >= 0.3 is 0 Å². The summed E-state index contributed by atoms with van der Waals surface area (Å²) in [6, 6.07) is 24.0. The highest BCUT2D eigenvalue weighted by molar-refractivity contribution is 7.09. The SMILES string of the molecule is O=C(NCc1ccccc1)c1csc(CN(Cc2ccc(F)cc2)Cc2ccc(Cl)cc2)n1. The molecule has 0 aliphatic rings. The van der Waals surface area contributed by atoms with Crippen LogP contribution in [0.15, 0.2) is 84.2 Å². The van der Waals surface area contributed by atoms with Crippen LogP contribution in [0.1, 0.15) is 32.2 Å². The molecule has 0 aliphatic heterocycles. The lowest BCUT2D eigenvalue weighted by atomic mass is 10.1. The molecule has 1 amide bonds. The molecule has 0 atom stereocenters. The zero-order valence-corrected chi connectivity index (χ0v) is 19.5. The molecule has 4 aromatic rings. The Labute approximate surface area is 201 Å². The highest BCUT2D eigenvalue weighted by Crippen LogP contribution is 2.19. The molecule has 0 radical (unpaired) electrons. The Balaban J connectivity index is 1.43. The van der Waals surface area contributed by atoms with Gasteiger partial charge in [-0.2, -0.15) is 0 Å². The van der Waals surface area contributed by atoms with E-state index in [4.69, 9.17) is 11.6 Å². The third-order valence-corrected chi connectivity index (χ3v) is 6.16. The molecule has 3 aromatic carbocycles. The van der Waals surface area contributed by atoms with E-state index < -0.39 is 0 Å². The molecule has 0 bridgehead atoms. The van der Waals surface area contributed by atoms with Crippen molar-refractivity contribution in [2.24, 2.45) is 0 Å². The van der Waals surface area contributed by atoms with E-state index in [1.165, 1.54) is 23.5 Å². The topological polar surface area (TPSA) is 45.2 Å². The Kier molecular flexibility index (Phi) is 7.83. The van der Waals surface area contributed by atoms with Crippen LogP contribution in [0.25, 0.3) is 0 Å². The quantitative estimate of drug-likeness (QED) is 0.317. The van der Waals surface area contributed by atoms with Gasteiger partial charge in [0, 0.05) is 30.0 Å². The first-order chi connectivity index (χ1) is 16.0. The van der Waals surface area contributed by atoms with Crippen LogP contribution >= 0.6 is 22.9 Å². The Hall–Kier alpha value is -3.06. The number of halogens is 2. The molecule has 0 saturated heterocycles. The zero-order chi connectivity index (χ0) is 23.0. The normalized spacial score (nSPS) is 11.0. The van der Waals surface area contributed by atoms with Crippen molar-refractivity contribution in [1.82, 2.24) is 15.2 Å². The summed E-state index contributed by atoms with van der Waals surface area (Å²) in [7, 11) is 0. The molecule has 1 N–H and O–H groups in total. The number of amides is 1. The van der Waals surface area contributed by atoms with Crippen molar-refractivity contribution in [2.75, 3.05) is 0 Å². The van der Waals surface area contributed by atoms with Crippen LogP contribution in [-0.2, 0) is 26.2 Å². The summed E-state index contributed by atoms with van der Waals surface area (Å²) >= 11 is 7.48. The second kappa shape index (κ2) is 11.2. The first-order valence-corrected chi connectivity index (χ1v) is 11.8. The van der Waals surface area contributed by atoms with Crippen LogP contribution in [0.4, 0.5) is 4.39 Å². The van der Waals surface area contributed by atoms with E-state index in [1.54, 1.807) is 17.5 Å². The number of thiazole rings is 1. The second-order valence-corrected chi connectivity index (χ2v) is 9.07. The van der Waals surface area contributed by atoms with Gasteiger partial charge < -0.3 is 5.32 Å². The van der Waals surface area contributed by atoms with E-state index >= 15 is 0 Å². The minimum atomic E-state index is -0.255. The summed E-state index contributed by atoms with van der Waals surface area (Å²) in [5, 5.41) is 6.23. The van der Waals surface area contributed by atoms with Gasteiger partial charge in [0.2, 0.25) is 0 Å². The maximum absolute atomic E-state index is 13.3. The van der Waals surface area contributed by atoms with E-state index in [9.17, 15) is 9.18 Å². The van der Waals surface area contributed by atoms with Crippen molar-refractivity contribution >= 4 is 28.8 Å². The van der Waals surface area contributed by atoms with E-state index in [-0.39, 0.29) is 11.7 Å². The summed E-state index contributed by atoms with van der Waals surface area (Å²) in [6.45, 7) is 2.32. The van der Waals surface area contributed by atoms with E-state index in [0.29, 0.717) is 36.9 Å². The van der Waals surface area contributed by atoms with Crippen LogP contribution in [0.5, 0.6) is 0 Å². The molecule has 0 aliphatic carbocycles. The molecule has 4 rings (SSSR count). The third kappa shape index (κ3) is 6.96. The van der Waals surface area contributed by atoms with Crippen LogP contribution in [0, 0.1) is 5.82 Å². The maximum Gasteiger partial charge on any atom is 0.271 e. The van der Waals surface area contributed by atoms with E-state index in [1.807, 2.05) is 54.6 Å². The Morgan fingerprint density at radius 3 is 2.18 bits per heavy atom. The Morgan fingerprint density at radius 2 is 1.52 bits per heavy atom. The van der Waals surface area contributed by atoms with Crippen LogP contribution in [-0.4, -0.2) is 15.8 Å². The number of rotatable bonds is 9. The lowest BCUT2D eigenvalue weighted by molar-refractivity contribution is 0.0946. The number of benzene rings is 3. The van der Waals surface area contributed by atoms with Gasteiger partial charge in [-0.1, -0.05) is 66.2 Å². The number of carbonyl (C=O) groups excluding carboxylic acids is 1. The number of nitrogens with zero attached hydrogens (tertiary/aromatic N) is 2. The second-order valence-electron chi connectivity index (χ2n) is 7.69. The average Bonchev–Trinajstić information content (AvgIpc) is 3.30. The molecule has 33 heavy (non-hydrogen) atoms. The molecule has 0 fully saturated rings. The molecular weight excluding hydrogens is 457 g/mol. The molecule has 0 spiro atoms. The predicted molar refractivity (Wildman–Crippen MR) is 131 cm³/mol. The van der Waals surface area contributed by atoms with Gasteiger partial charge in [0.1, 0.15) is 16.5 Å². The van der Waals surface area contributed by atoms with Crippen molar-refractivity contribution in [3.8, 4) is 0 Å². The monoisotopic (exact) mass is 479 g/mol. The molecule has 4 nitrogen and oxygen atoms in total. The fourth-order valence-electron chi connectivity index (χ4n) is 3.41. The van der Waals surface area contributed by atoms with Gasteiger partial charge in [-0.05, 0) is 41.0 Å². The smallest absolute Gasteiger partial charge is 0.271 e. The first kappa shape index (κ1) is 23.1. The molecule has 1 heterocycles. The maximum atomic E-state index is 13.3. The van der Waals surface area contributed by atoms with Gasteiger partial charge in [-0.25, -0.2) is 9.37 Å². The fourth-order valence-corrected chi connectivity index (χ4v) is 4.35. The minimum absolute atomic E-state index is 0.191. The Morgan fingerprint density at radius 1 is 0.879 bits per heavy atom. The summed E-state index contributed by atoms with van der Waals surface area (Å²) in [4.78, 5) is 19.3. The van der Waals surface area contributed by atoms with Gasteiger partial charge in [-0.3, -0.25) is 9.69 Å². The Bertz CT molecular complexity index is 1130. The lowest BCUT2D eigenvalue weighted by Gasteiger charge is -2.21. The molecule has 168 valence electrons. The van der Waals surface area contributed by atoms with Gasteiger partial charge in [0.15, 0.2) is 0 Å². The average molecular weight is 480 g/mol. The summed E-state index contributed by atoms with van der Waals surface area (Å²) in [5.41, 5.74) is 3.57. The van der Waals surface area contributed by atoms with E-state index in [2.05, 4.69) is 15.2 Å². The number of aromatic nitrogens is 1. The third-order valence-electron chi connectivity index (χ3n) is 5.08. The number of carbonyl (C=O) groups is 1. The zero-order valence-electron chi connectivity index (χ0n) is 17.9. The van der Waals surface area contributed by atoms with Crippen LogP contribution in [0.3, 0.4) is 0 Å². The van der Waals surface area contributed by atoms with Gasteiger partial charge in [-0.15, -0.1) is 11.3 Å².